The van der Waals surface area contributed by atoms with Gasteiger partial charge in [-0.15, -0.1) is 0 Å². The van der Waals surface area contributed by atoms with Gasteiger partial charge in [-0.2, -0.15) is 0 Å². The van der Waals surface area contributed by atoms with Gasteiger partial charge >= 0.3 is 0 Å². The van der Waals surface area contributed by atoms with Crippen LogP contribution < -0.4 is 20.7 Å². The summed E-state index contributed by atoms with van der Waals surface area (Å²) in [7, 11) is 0. The van der Waals surface area contributed by atoms with Crippen molar-refractivity contribution in [3.63, 3.8) is 0 Å². The van der Waals surface area contributed by atoms with Crippen molar-refractivity contribution < 1.29 is 9.53 Å². The molecule has 1 heterocycles. The van der Waals surface area contributed by atoms with E-state index in [4.69, 9.17) is 10.5 Å². The van der Waals surface area contributed by atoms with Crippen molar-refractivity contribution >= 4 is 23.0 Å². The SMILES string of the molecule is CC1(C)CN(CC(=O)Nc2ccccc2)c2ccc(N)cc2O1. The summed E-state index contributed by atoms with van der Waals surface area (Å²) in [6.45, 7) is 4.90. The van der Waals surface area contributed by atoms with Gasteiger partial charge in [-0.1, -0.05) is 18.2 Å². The van der Waals surface area contributed by atoms with Gasteiger partial charge in [0.2, 0.25) is 5.91 Å². The van der Waals surface area contributed by atoms with Crippen LogP contribution in [0.2, 0.25) is 0 Å². The number of hydrogen-bond acceptors (Lipinski definition) is 4. The molecule has 0 aromatic heterocycles. The lowest BCUT2D eigenvalue weighted by Gasteiger charge is -2.40. The normalized spacial score (nSPS) is 15.5. The van der Waals surface area contributed by atoms with Gasteiger partial charge < -0.3 is 20.7 Å². The number of carbonyl (C=O) groups excluding carboxylic acids is 1. The van der Waals surface area contributed by atoms with Crippen molar-refractivity contribution in [2.75, 3.05) is 29.0 Å². The molecule has 0 saturated carbocycles. The number of para-hydroxylation sites is 1. The predicted octanol–water partition coefficient (Wildman–Crippen LogP) is 2.88. The Morgan fingerprint density at radius 2 is 2.00 bits per heavy atom. The first-order chi connectivity index (χ1) is 10.9. The minimum absolute atomic E-state index is 0.0586. The number of carbonyl (C=O) groups is 1. The van der Waals surface area contributed by atoms with Crippen molar-refractivity contribution in [2.24, 2.45) is 0 Å². The van der Waals surface area contributed by atoms with Crippen LogP contribution in [-0.4, -0.2) is 24.6 Å². The van der Waals surface area contributed by atoms with Gasteiger partial charge in [-0.05, 0) is 38.1 Å². The number of anilines is 3. The Kier molecular flexibility index (Phi) is 3.86. The third-order valence-electron chi connectivity index (χ3n) is 3.67. The van der Waals surface area contributed by atoms with Crippen LogP contribution in [0.1, 0.15) is 13.8 Å². The second-order valence-corrected chi connectivity index (χ2v) is 6.36. The van der Waals surface area contributed by atoms with Crippen LogP contribution in [0.15, 0.2) is 48.5 Å². The molecule has 3 N–H and O–H groups in total. The van der Waals surface area contributed by atoms with Gasteiger partial charge in [0, 0.05) is 17.4 Å². The lowest BCUT2D eigenvalue weighted by atomic mass is 10.0. The molecule has 3 rings (SSSR count). The number of nitrogens with two attached hydrogens (primary N) is 1. The molecule has 23 heavy (non-hydrogen) atoms. The molecule has 0 saturated heterocycles. The lowest BCUT2D eigenvalue weighted by Crippen LogP contribution is -2.49. The first kappa shape index (κ1) is 15.2. The third kappa shape index (κ3) is 3.56. The molecule has 0 unspecified atom stereocenters. The maximum absolute atomic E-state index is 12.4. The summed E-state index contributed by atoms with van der Waals surface area (Å²) in [6, 6.07) is 15.0. The van der Waals surface area contributed by atoms with Crippen LogP contribution in [0, 0.1) is 0 Å². The molecule has 1 aliphatic rings. The van der Waals surface area contributed by atoms with E-state index in [1.54, 1.807) is 6.07 Å². The van der Waals surface area contributed by atoms with E-state index in [1.165, 1.54) is 0 Å². The Bertz CT molecular complexity index is 713. The van der Waals surface area contributed by atoms with E-state index in [0.29, 0.717) is 18.0 Å². The van der Waals surface area contributed by atoms with E-state index in [1.807, 2.05) is 61.2 Å². The summed E-state index contributed by atoms with van der Waals surface area (Å²) >= 11 is 0. The fourth-order valence-electron chi connectivity index (χ4n) is 2.78. The molecular formula is C18H21N3O2. The zero-order valence-electron chi connectivity index (χ0n) is 13.4. The van der Waals surface area contributed by atoms with Crippen LogP contribution in [0.5, 0.6) is 5.75 Å². The Morgan fingerprint density at radius 1 is 1.26 bits per heavy atom. The molecule has 0 radical (unpaired) electrons. The highest BCUT2D eigenvalue weighted by Gasteiger charge is 2.32. The van der Waals surface area contributed by atoms with Gasteiger partial charge in [-0.25, -0.2) is 0 Å². The third-order valence-corrected chi connectivity index (χ3v) is 3.67. The molecule has 2 aromatic carbocycles. The summed E-state index contributed by atoms with van der Waals surface area (Å²) in [4.78, 5) is 14.4. The zero-order chi connectivity index (χ0) is 16.4. The fraction of sp³-hybridized carbons (Fsp3) is 0.278. The number of nitrogen functional groups attached to an aromatic ring is 1. The largest absolute Gasteiger partial charge is 0.484 e. The van der Waals surface area contributed by atoms with Crippen LogP contribution in [0.3, 0.4) is 0 Å². The summed E-state index contributed by atoms with van der Waals surface area (Å²) < 4.78 is 5.98. The number of benzene rings is 2. The molecule has 2 aromatic rings. The monoisotopic (exact) mass is 311 g/mol. The Labute approximate surface area is 136 Å². The number of ether oxygens (including phenoxy) is 1. The highest BCUT2D eigenvalue weighted by atomic mass is 16.5. The van der Waals surface area contributed by atoms with Crippen molar-refractivity contribution in [1.29, 1.82) is 0 Å². The predicted molar refractivity (Wildman–Crippen MR) is 92.8 cm³/mol. The number of rotatable bonds is 3. The molecule has 5 nitrogen and oxygen atoms in total. The van der Waals surface area contributed by atoms with Crippen molar-refractivity contribution in [3.05, 3.63) is 48.5 Å². The number of amides is 1. The second kappa shape index (κ2) is 5.83. The molecule has 0 spiro atoms. The van der Waals surface area contributed by atoms with E-state index in [0.717, 1.165) is 11.4 Å². The van der Waals surface area contributed by atoms with E-state index in [9.17, 15) is 4.79 Å². The maximum atomic E-state index is 12.4. The average molecular weight is 311 g/mol. The maximum Gasteiger partial charge on any atom is 0.243 e. The van der Waals surface area contributed by atoms with Gasteiger partial charge in [0.25, 0.3) is 0 Å². The van der Waals surface area contributed by atoms with Crippen LogP contribution in [0.25, 0.3) is 0 Å². The fourth-order valence-corrected chi connectivity index (χ4v) is 2.78. The van der Waals surface area contributed by atoms with Gasteiger partial charge in [-0.3, -0.25) is 4.79 Å². The Hall–Kier alpha value is -2.69. The number of nitrogens with one attached hydrogen (secondary N) is 1. The van der Waals surface area contributed by atoms with Crippen LogP contribution in [0.4, 0.5) is 17.1 Å². The van der Waals surface area contributed by atoms with Crippen molar-refractivity contribution in [3.8, 4) is 5.75 Å². The van der Waals surface area contributed by atoms with Gasteiger partial charge in [0.05, 0.1) is 18.8 Å². The first-order valence-corrected chi connectivity index (χ1v) is 7.61. The van der Waals surface area contributed by atoms with E-state index in [2.05, 4.69) is 5.32 Å². The molecule has 5 heteroatoms. The highest BCUT2D eigenvalue weighted by molar-refractivity contribution is 5.94. The quantitative estimate of drug-likeness (QED) is 0.855. The van der Waals surface area contributed by atoms with Gasteiger partial charge in [0.15, 0.2) is 0 Å². The van der Waals surface area contributed by atoms with Crippen molar-refractivity contribution in [1.82, 2.24) is 0 Å². The molecule has 0 aliphatic carbocycles. The van der Waals surface area contributed by atoms with E-state index in [-0.39, 0.29) is 18.1 Å². The van der Waals surface area contributed by atoms with Crippen LogP contribution >= 0.6 is 0 Å². The summed E-state index contributed by atoms with van der Waals surface area (Å²) in [6.07, 6.45) is 0. The smallest absolute Gasteiger partial charge is 0.243 e. The van der Waals surface area contributed by atoms with Crippen LogP contribution in [-0.2, 0) is 4.79 Å². The number of hydrogen-bond donors (Lipinski definition) is 2. The first-order valence-electron chi connectivity index (χ1n) is 7.61. The summed E-state index contributed by atoms with van der Waals surface area (Å²) in [5.41, 5.74) is 7.79. The van der Waals surface area contributed by atoms with Crippen molar-refractivity contribution in [2.45, 2.75) is 19.4 Å². The minimum Gasteiger partial charge on any atom is -0.484 e. The molecule has 1 aliphatic heterocycles. The van der Waals surface area contributed by atoms with E-state index < -0.39 is 0 Å². The summed E-state index contributed by atoms with van der Waals surface area (Å²) in [5, 5.41) is 2.91. The molecule has 1 amide bonds. The lowest BCUT2D eigenvalue weighted by molar-refractivity contribution is -0.115. The molecular weight excluding hydrogens is 290 g/mol. The highest BCUT2D eigenvalue weighted by Crippen LogP contribution is 2.38. The second-order valence-electron chi connectivity index (χ2n) is 6.36. The molecule has 0 atom stereocenters. The minimum atomic E-state index is -0.381. The van der Waals surface area contributed by atoms with E-state index >= 15 is 0 Å². The molecule has 120 valence electrons. The standard InChI is InChI=1S/C18H21N3O2/c1-18(2)12-21(15-9-8-13(19)10-16(15)23-18)11-17(22)20-14-6-4-3-5-7-14/h3-10H,11-12,19H2,1-2H3,(H,20,22). The number of nitrogens with zero attached hydrogens (tertiary/aromatic N) is 1. The Morgan fingerprint density at radius 3 is 2.74 bits per heavy atom. The molecule has 0 bridgehead atoms. The zero-order valence-corrected chi connectivity index (χ0v) is 13.4. The average Bonchev–Trinajstić information content (AvgIpc) is 2.46. The topological polar surface area (TPSA) is 67.6 Å². The molecule has 0 fully saturated rings. The van der Waals surface area contributed by atoms with Gasteiger partial charge in [0.1, 0.15) is 11.4 Å². The summed E-state index contributed by atoms with van der Waals surface area (Å²) in [5.74, 6) is 0.658. The Balaban J connectivity index is 1.78. The number of fused-ring (bicyclic) bond motifs is 1.